The van der Waals surface area contributed by atoms with Crippen LogP contribution >= 0.6 is 15.9 Å². The molecule has 20 heavy (non-hydrogen) atoms. The van der Waals surface area contributed by atoms with Crippen molar-refractivity contribution in [2.45, 2.75) is 0 Å². The molecule has 0 atom stereocenters. The molecular formula is C15H11BrFN3. The van der Waals surface area contributed by atoms with E-state index in [1.807, 2.05) is 24.3 Å². The zero-order valence-electron chi connectivity index (χ0n) is 10.4. The molecule has 3 rings (SSSR count). The van der Waals surface area contributed by atoms with Crippen molar-refractivity contribution in [2.24, 2.45) is 0 Å². The van der Waals surface area contributed by atoms with E-state index in [0.717, 1.165) is 21.4 Å². The lowest BCUT2D eigenvalue weighted by atomic mass is 10.1. The maximum Gasteiger partial charge on any atom is 0.127 e. The molecule has 0 radical (unpaired) electrons. The maximum atomic E-state index is 13.0. The number of nitrogens with zero attached hydrogens (tertiary/aromatic N) is 2. The lowest BCUT2D eigenvalue weighted by Crippen LogP contribution is -2.01. The van der Waals surface area contributed by atoms with Crippen molar-refractivity contribution in [3.8, 4) is 16.9 Å². The van der Waals surface area contributed by atoms with Crippen molar-refractivity contribution in [1.29, 1.82) is 0 Å². The van der Waals surface area contributed by atoms with Crippen LogP contribution in [-0.2, 0) is 0 Å². The number of anilines is 1. The third-order valence-electron chi connectivity index (χ3n) is 2.96. The van der Waals surface area contributed by atoms with Crippen LogP contribution < -0.4 is 5.73 Å². The molecule has 0 unspecified atom stereocenters. The molecule has 1 aromatic heterocycles. The van der Waals surface area contributed by atoms with Gasteiger partial charge in [0.05, 0.1) is 11.4 Å². The lowest BCUT2D eigenvalue weighted by molar-refractivity contribution is 0.627. The SMILES string of the molecule is Nc1cc(-c2ccccc2Br)nn1-c1ccc(F)cc1. The van der Waals surface area contributed by atoms with E-state index in [2.05, 4.69) is 21.0 Å². The molecule has 0 saturated carbocycles. The minimum Gasteiger partial charge on any atom is -0.384 e. The van der Waals surface area contributed by atoms with Gasteiger partial charge >= 0.3 is 0 Å². The number of hydrogen-bond donors (Lipinski definition) is 1. The summed E-state index contributed by atoms with van der Waals surface area (Å²) in [6, 6.07) is 15.6. The van der Waals surface area contributed by atoms with Gasteiger partial charge in [0.1, 0.15) is 11.6 Å². The van der Waals surface area contributed by atoms with Crippen LogP contribution in [0.5, 0.6) is 0 Å². The molecule has 100 valence electrons. The van der Waals surface area contributed by atoms with Gasteiger partial charge in [0.2, 0.25) is 0 Å². The maximum absolute atomic E-state index is 13.0. The standard InChI is InChI=1S/C15H11BrFN3/c16-13-4-2-1-3-12(13)14-9-15(18)20(19-14)11-7-5-10(17)6-8-11/h1-9H,18H2. The van der Waals surface area contributed by atoms with Gasteiger partial charge in [-0.1, -0.05) is 34.1 Å². The van der Waals surface area contributed by atoms with Gasteiger partial charge in [0, 0.05) is 16.1 Å². The topological polar surface area (TPSA) is 43.8 Å². The Morgan fingerprint density at radius 2 is 1.75 bits per heavy atom. The zero-order valence-corrected chi connectivity index (χ0v) is 12.0. The van der Waals surface area contributed by atoms with Crippen molar-refractivity contribution in [3.05, 3.63) is 64.9 Å². The summed E-state index contributed by atoms with van der Waals surface area (Å²) in [6.07, 6.45) is 0. The average Bonchev–Trinajstić information content (AvgIpc) is 2.82. The molecule has 0 amide bonds. The van der Waals surface area contributed by atoms with E-state index in [1.54, 1.807) is 22.9 Å². The highest BCUT2D eigenvalue weighted by atomic mass is 79.9. The lowest BCUT2D eigenvalue weighted by Gasteiger charge is -2.03. The summed E-state index contributed by atoms with van der Waals surface area (Å²) in [6.45, 7) is 0. The number of halogens is 2. The van der Waals surface area contributed by atoms with Crippen LogP contribution in [0.4, 0.5) is 10.2 Å². The van der Waals surface area contributed by atoms with Crippen LogP contribution in [0.25, 0.3) is 16.9 Å². The average molecular weight is 332 g/mol. The van der Waals surface area contributed by atoms with E-state index in [-0.39, 0.29) is 5.82 Å². The summed E-state index contributed by atoms with van der Waals surface area (Å²) in [4.78, 5) is 0. The second kappa shape index (κ2) is 5.09. The Balaban J connectivity index is 2.08. The highest BCUT2D eigenvalue weighted by Crippen LogP contribution is 2.29. The fourth-order valence-corrected chi connectivity index (χ4v) is 2.47. The Labute approximate surface area is 124 Å². The van der Waals surface area contributed by atoms with E-state index in [9.17, 15) is 4.39 Å². The Morgan fingerprint density at radius 1 is 1.05 bits per heavy atom. The van der Waals surface area contributed by atoms with Gasteiger partial charge in [-0.05, 0) is 30.3 Å². The molecule has 3 nitrogen and oxygen atoms in total. The van der Waals surface area contributed by atoms with Gasteiger partial charge in [-0.15, -0.1) is 0 Å². The highest BCUT2D eigenvalue weighted by molar-refractivity contribution is 9.10. The monoisotopic (exact) mass is 331 g/mol. The first kappa shape index (κ1) is 12.9. The van der Waals surface area contributed by atoms with Gasteiger partial charge in [-0.2, -0.15) is 5.10 Å². The highest BCUT2D eigenvalue weighted by Gasteiger charge is 2.10. The summed E-state index contributed by atoms with van der Waals surface area (Å²) in [5.41, 5.74) is 8.44. The zero-order chi connectivity index (χ0) is 14.1. The molecule has 5 heteroatoms. The van der Waals surface area contributed by atoms with E-state index >= 15 is 0 Å². The smallest absolute Gasteiger partial charge is 0.127 e. The van der Waals surface area contributed by atoms with Crippen LogP contribution in [0.15, 0.2) is 59.1 Å². The van der Waals surface area contributed by atoms with E-state index < -0.39 is 0 Å². The van der Waals surface area contributed by atoms with Crippen LogP contribution in [0.3, 0.4) is 0 Å². The Hall–Kier alpha value is -2.14. The van der Waals surface area contributed by atoms with Gasteiger partial charge in [-0.3, -0.25) is 0 Å². The molecule has 0 aliphatic rings. The van der Waals surface area contributed by atoms with E-state index in [0.29, 0.717) is 5.82 Å². The Morgan fingerprint density at radius 3 is 2.45 bits per heavy atom. The molecule has 2 N–H and O–H groups in total. The van der Waals surface area contributed by atoms with Crippen LogP contribution in [0.1, 0.15) is 0 Å². The van der Waals surface area contributed by atoms with Crippen molar-refractivity contribution in [2.75, 3.05) is 5.73 Å². The largest absolute Gasteiger partial charge is 0.384 e. The minimum absolute atomic E-state index is 0.287. The Kier molecular flexibility index (Phi) is 3.28. The number of rotatable bonds is 2. The number of aromatic nitrogens is 2. The molecule has 0 fully saturated rings. The van der Waals surface area contributed by atoms with Crippen molar-refractivity contribution in [1.82, 2.24) is 9.78 Å². The number of nitrogen functional groups attached to an aromatic ring is 1. The molecule has 2 aromatic carbocycles. The van der Waals surface area contributed by atoms with Crippen molar-refractivity contribution < 1.29 is 4.39 Å². The predicted molar refractivity (Wildman–Crippen MR) is 81.1 cm³/mol. The summed E-state index contributed by atoms with van der Waals surface area (Å²) in [5, 5.41) is 4.48. The molecule has 0 saturated heterocycles. The van der Waals surface area contributed by atoms with Gasteiger partial charge in [0.25, 0.3) is 0 Å². The molecule has 0 aliphatic carbocycles. The Bertz CT molecular complexity index is 750. The molecule has 3 aromatic rings. The van der Waals surface area contributed by atoms with E-state index in [4.69, 9.17) is 5.73 Å². The molecule has 0 aliphatic heterocycles. The van der Waals surface area contributed by atoms with Crippen LogP contribution in [0.2, 0.25) is 0 Å². The first-order valence-corrected chi connectivity index (χ1v) is 6.81. The first-order chi connectivity index (χ1) is 9.65. The quantitative estimate of drug-likeness (QED) is 0.770. The van der Waals surface area contributed by atoms with Gasteiger partial charge in [-0.25, -0.2) is 9.07 Å². The van der Waals surface area contributed by atoms with Crippen molar-refractivity contribution >= 4 is 21.7 Å². The fraction of sp³-hybridized carbons (Fsp3) is 0. The molecule has 0 spiro atoms. The third kappa shape index (κ3) is 2.32. The number of hydrogen-bond acceptors (Lipinski definition) is 2. The third-order valence-corrected chi connectivity index (χ3v) is 3.65. The second-order valence-electron chi connectivity index (χ2n) is 4.32. The molecule has 0 bridgehead atoms. The van der Waals surface area contributed by atoms with Crippen molar-refractivity contribution in [3.63, 3.8) is 0 Å². The van der Waals surface area contributed by atoms with Gasteiger partial charge < -0.3 is 5.73 Å². The molecule has 1 heterocycles. The number of benzene rings is 2. The summed E-state index contributed by atoms with van der Waals surface area (Å²) in [5.74, 6) is 0.216. The first-order valence-electron chi connectivity index (χ1n) is 6.01. The van der Waals surface area contributed by atoms with Crippen LogP contribution in [-0.4, -0.2) is 9.78 Å². The summed E-state index contributed by atoms with van der Waals surface area (Å²) >= 11 is 3.49. The van der Waals surface area contributed by atoms with Gasteiger partial charge in [0.15, 0.2) is 0 Å². The summed E-state index contributed by atoms with van der Waals surface area (Å²) < 4.78 is 15.5. The molecular weight excluding hydrogens is 321 g/mol. The van der Waals surface area contributed by atoms with E-state index in [1.165, 1.54) is 12.1 Å². The van der Waals surface area contributed by atoms with Crippen LogP contribution in [0, 0.1) is 5.82 Å². The minimum atomic E-state index is -0.287. The summed E-state index contributed by atoms with van der Waals surface area (Å²) in [7, 11) is 0. The number of nitrogens with two attached hydrogens (primary N) is 1. The fourth-order valence-electron chi connectivity index (χ4n) is 1.99. The predicted octanol–water partition coefficient (Wildman–Crippen LogP) is 4.02. The second-order valence-corrected chi connectivity index (χ2v) is 5.18. The normalized spacial score (nSPS) is 10.7.